The van der Waals surface area contributed by atoms with Crippen LogP contribution in [0.2, 0.25) is 0 Å². The summed E-state index contributed by atoms with van der Waals surface area (Å²) in [5.74, 6) is 1.000. The number of rotatable bonds is 4. The number of imide groups is 1. The number of methoxy groups -OCH3 is 1. The predicted molar refractivity (Wildman–Crippen MR) is 98.0 cm³/mol. The molecule has 7 heteroatoms. The van der Waals surface area contributed by atoms with Gasteiger partial charge < -0.3 is 14.6 Å². The van der Waals surface area contributed by atoms with Crippen molar-refractivity contribution in [3.8, 4) is 17.0 Å². The molecule has 7 nitrogen and oxygen atoms in total. The first-order chi connectivity index (χ1) is 13.1. The Morgan fingerprint density at radius 3 is 2.67 bits per heavy atom. The summed E-state index contributed by atoms with van der Waals surface area (Å²) in [6, 6.07) is 8.89. The van der Waals surface area contributed by atoms with E-state index in [0.717, 1.165) is 31.2 Å². The largest absolute Gasteiger partial charge is 0.496 e. The molecule has 2 aliphatic rings. The lowest BCUT2D eigenvalue weighted by Crippen LogP contribution is -2.46. The average molecular weight is 369 g/mol. The smallest absolute Gasteiger partial charge is 0.325 e. The Labute approximate surface area is 157 Å². The zero-order chi connectivity index (χ0) is 18.9. The van der Waals surface area contributed by atoms with Crippen molar-refractivity contribution in [1.29, 1.82) is 0 Å². The van der Waals surface area contributed by atoms with Crippen LogP contribution in [-0.4, -0.2) is 34.6 Å². The highest BCUT2D eigenvalue weighted by Gasteiger charge is 2.50. The number of carbonyl (C=O) groups is 2. The number of hydrogen-bond acceptors (Lipinski definition) is 5. The Balaban J connectivity index is 1.54. The summed E-state index contributed by atoms with van der Waals surface area (Å²) >= 11 is 0. The summed E-state index contributed by atoms with van der Waals surface area (Å²) in [7, 11) is 1.60. The van der Waals surface area contributed by atoms with Gasteiger partial charge in [-0.05, 0) is 25.0 Å². The number of aromatic nitrogens is 1. The molecule has 1 aliphatic carbocycles. The molecule has 1 aromatic heterocycles. The van der Waals surface area contributed by atoms with E-state index < -0.39 is 5.54 Å². The summed E-state index contributed by atoms with van der Waals surface area (Å²) in [4.78, 5) is 26.7. The van der Waals surface area contributed by atoms with E-state index in [-0.39, 0.29) is 18.5 Å². The molecule has 1 saturated carbocycles. The van der Waals surface area contributed by atoms with Crippen molar-refractivity contribution in [2.24, 2.45) is 0 Å². The minimum Gasteiger partial charge on any atom is -0.496 e. The molecule has 1 saturated heterocycles. The number of ether oxygens (including phenoxy) is 1. The number of hydrogen-bond donors (Lipinski definition) is 1. The molecule has 0 unspecified atom stereocenters. The van der Waals surface area contributed by atoms with Crippen LogP contribution in [0.4, 0.5) is 4.79 Å². The van der Waals surface area contributed by atoms with E-state index in [4.69, 9.17) is 9.26 Å². The van der Waals surface area contributed by atoms with Gasteiger partial charge in [0, 0.05) is 11.6 Å². The Hall–Kier alpha value is -2.83. The zero-order valence-corrected chi connectivity index (χ0v) is 15.4. The second-order valence-corrected chi connectivity index (χ2v) is 7.20. The summed E-state index contributed by atoms with van der Waals surface area (Å²) in [5.41, 5.74) is 0.671. The second kappa shape index (κ2) is 7.06. The second-order valence-electron chi connectivity index (χ2n) is 7.20. The first kappa shape index (κ1) is 17.6. The van der Waals surface area contributed by atoms with Crippen LogP contribution in [0.15, 0.2) is 34.9 Å². The van der Waals surface area contributed by atoms with Crippen molar-refractivity contribution in [1.82, 2.24) is 15.4 Å². The van der Waals surface area contributed by atoms with Gasteiger partial charge in [-0.25, -0.2) is 4.79 Å². The number of amides is 3. The zero-order valence-electron chi connectivity index (χ0n) is 15.4. The van der Waals surface area contributed by atoms with Crippen LogP contribution in [-0.2, 0) is 11.3 Å². The van der Waals surface area contributed by atoms with Gasteiger partial charge >= 0.3 is 6.03 Å². The Morgan fingerprint density at radius 2 is 1.93 bits per heavy atom. The van der Waals surface area contributed by atoms with Crippen LogP contribution in [0.5, 0.6) is 5.75 Å². The molecule has 0 radical (unpaired) electrons. The number of nitrogens with one attached hydrogen (secondary N) is 1. The molecule has 2 fully saturated rings. The lowest BCUT2D eigenvalue weighted by Gasteiger charge is -2.24. The van der Waals surface area contributed by atoms with Crippen molar-refractivity contribution in [2.45, 2.75) is 50.6 Å². The number of para-hydroxylation sites is 1. The van der Waals surface area contributed by atoms with Gasteiger partial charge in [-0.15, -0.1) is 0 Å². The Morgan fingerprint density at radius 1 is 1.19 bits per heavy atom. The SMILES string of the molecule is COc1ccccc1-c1cc(CN2C(=O)NC3(CCCCCC3)C2=O)on1. The maximum atomic E-state index is 13.0. The minimum absolute atomic E-state index is 0.0779. The molecule has 2 aromatic rings. The molecule has 3 amide bonds. The standard InChI is InChI=1S/C20H23N3O4/c1-26-17-9-5-4-8-15(17)16-12-14(27-22-16)13-23-18(24)20(21-19(23)25)10-6-2-3-7-11-20/h4-5,8-9,12H,2-3,6-7,10-11,13H2,1H3,(H,21,25). The molecule has 4 rings (SSSR count). The van der Waals surface area contributed by atoms with Gasteiger partial charge in [0.1, 0.15) is 17.0 Å². The van der Waals surface area contributed by atoms with Gasteiger partial charge in [0.25, 0.3) is 5.91 Å². The van der Waals surface area contributed by atoms with Crippen molar-refractivity contribution < 1.29 is 18.8 Å². The van der Waals surface area contributed by atoms with E-state index in [2.05, 4.69) is 10.5 Å². The molecule has 0 bridgehead atoms. The monoisotopic (exact) mass is 369 g/mol. The van der Waals surface area contributed by atoms with Crippen molar-refractivity contribution in [3.05, 3.63) is 36.1 Å². The lowest BCUT2D eigenvalue weighted by molar-refractivity contribution is -0.132. The van der Waals surface area contributed by atoms with E-state index in [1.807, 2.05) is 24.3 Å². The number of carbonyl (C=O) groups excluding carboxylic acids is 2. The molecule has 142 valence electrons. The normalized spacial score (nSPS) is 19.2. The van der Waals surface area contributed by atoms with E-state index in [1.165, 1.54) is 4.90 Å². The summed E-state index contributed by atoms with van der Waals surface area (Å²) < 4.78 is 10.8. The fraction of sp³-hybridized carbons (Fsp3) is 0.450. The van der Waals surface area contributed by atoms with Gasteiger partial charge in [-0.2, -0.15) is 0 Å². The van der Waals surface area contributed by atoms with Crippen LogP contribution in [0.25, 0.3) is 11.3 Å². The van der Waals surface area contributed by atoms with Gasteiger partial charge in [0.15, 0.2) is 5.76 Å². The van der Waals surface area contributed by atoms with Crippen LogP contribution in [0, 0.1) is 0 Å². The first-order valence-electron chi connectivity index (χ1n) is 9.36. The maximum absolute atomic E-state index is 13.0. The maximum Gasteiger partial charge on any atom is 0.325 e. The predicted octanol–water partition coefficient (Wildman–Crippen LogP) is 3.50. The van der Waals surface area contributed by atoms with Crippen LogP contribution < -0.4 is 10.1 Å². The molecule has 2 heterocycles. The lowest BCUT2D eigenvalue weighted by atomic mass is 9.90. The topological polar surface area (TPSA) is 84.7 Å². The molecule has 1 spiro atoms. The molecule has 27 heavy (non-hydrogen) atoms. The number of urea groups is 1. The van der Waals surface area contributed by atoms with E-state index in [0.29, 0.717) is 30.0 Å². The highest BCUT2D eigenvalue weighted by atomic mass is 16.5. The van der Waals surface area contributed by atoms with E-state index in [9.17, 15) is 9.59 Å². The number of nitrogens with zero attached hydrogens (tertiary/aromatic N) is 2. The molecule has 1 N–H and O–H groups in total. The third kappa shape index (κ3) is 3.18. The number of benzene rings is 1. The highest BCUT2D eigenvalue weighted by Crippen LogP contribution is 2.34. The Bertz CT molecular complexity index is 852. The molecular formula is C20H23N3O4. The quantitative estimate of drug-likeness (QED) is 0.834. The van der Waals surface area contributed by atoms with Crippen molar-refractivity contribution in [3.63, 3.8) is 0 Å². The first-order valence-corrected chi connectivity index (χ1v) is 9.36. The van der Waals surface area contributed by atoms with Crippen LogP contribution in [0.1, 0.15) is 44.3 Å². The Kier molecular flexibility index (Phi) is 4.59. The summed E-state index contributed by atoms with van der Waals surface area (Å²) in [5, 5.41) is 7.02. The molecular weight excluding hydrogens is 346 g/mol. The summed E-state index contributed by atoms with van der Waals surface area (Å²) in [6.45, 7) is 0.0779. The molecule has 1 aromatic carbocycles. The third-order valence-corrected chi connectivity index (χ3v) is 5.46. The van der Waals surface area contributed by atoms with Crippen LogP contribution in [0.3, 0.4) is 0 Å². The van der Waals surface area contributed by atoms with Gasteiger partial charge in [-0.1, -0.05) is 43.0 Å². The van der Waals surface area contributed by atoms with Gasteiger partial charge in [-0.3, -0.25) is 9.69 Å². The highest BCUT2D eigenvalue weighted by molar-refractivity contribution is 6.06. The van der Waals surface area contributed by atoms with E-state index in [1.54, 1.807) is 13.2 Å². The average Bonchev–Trinajstić information content (AvgIpc) is 3.13. The molecule has 1 aliphatic heterocycles. The minimum atomic E-state index is -0.737. The summed E-state index contributed by atoms with van der Waals surface area (Å²) in [6.07, 6.45) is 5.54. The van der Waals surface area contributed by atoms with E-state index >= 15 is 0 Å². The van der Waals surface area contributed by atoms with Gasteiger partial charge in [0.2, 0.25) is 0 Å². The molecule has 0 atom stereocenters. The van der Waals surface area contributed by atoms with Crippen molar-refractivity contribution >= 4 is 11.9 Å². The van der Waals surface area contributed by atoms with Crippen molar-refractivity contribution in [2.75, 3.05) is 7.11 Å². The fourth-order valence-corrected chi connectivity index (χ4v) is 4.02. The van der Waals surface area contributed by atoms with Gasteiger partial charge in [0.05, 0.1) is 13.7 Å². The fourth-order valence-electron chi connectivity index (χ4n) is 4.02. The third-order valence-electron chi connectivity index (χ3n) is 5.46. The van der Waals surface area contributed by atoms with Crippen LogP contribution >= 0.6 is 0 Å².